The van der Waals surface area contributed by atoms with E-state index >= 15 is 0 Å². The van der Waals surface area contributed by atoms with Gasteiger partial charge in [-0.15, -0.1) is 0 Å². The van der Waals surface area contributed by atoms with Gasteiger partial charge in [-0.2, -0.15) is 17.0 Å². The zero-order chi connectivity index (χ0) is 29.9. The Morgan fingerprint density at radius 2 is 1.62 bits per heavy atom. The number of alkyl carbamates (subject to hydrolysis) is 1. The smallest absolute Gasteiger partial charge is 0.408 e. The quantitative estimate of drug-likeness (QED) is 0.295. The Kier molecular flexibility index (Phi) is 13.0. The molecule has 1 aromatic heterocycles. The summed E-state index contributed by atoms with van der Waals surface area (Å²) >= 11 is 0. The van der Waals surface area contributed by atoms with E-state index in [-0.39, 0.29) is 38.0 Å². The molecule has 2 amide bonds. The van der Waals surface area contributed by atoms with Crippen molar-refractivity contribution in [3.63, 3.8) is 0 Å². The van der Waals surface area contributed by atoms with Crippen molar-refractivity contribution in [2.24, 2.45) is 11.8 Å². The van der Waals surface area contributed by atoms with Crippen LogP contribution in [0.25, 0.3) is 0 Å². The van der Waals surface area contributed by atoms with Crippen LogP contribution in [0.5, 0.6) is 0 Å². The number of pyridine rings is 1. The molecule has 1 heterocycles. The molecule has 2 aromatic rings. The highest BCUT2D eigenvalue weighted by molar-refractivity contribution is 7.86. The van der Waals surface area contributed by atoms with Gasteiger partial charge in [-0.3, -0.25) is 9.78 Å². The Morgan fingerprint density at radius 1 is 0.975 bits per heavy atom. The number of aromatic nitrogens is 1. The first kappa shape index (κ1) is 33.1. The number of amides is 2. The monoisotopic (exact) mass is 577 g/mol. The summed E-state index contributed by atoms with van der Waals surface area (Å²) in [6.45, 7) is 7.25. The first-order valence-electron chi connectivity index (χ1n) is 13.3. The molecule has 12 heteroatoms. The van der Waals surface area contributed by atoms with Crippen LogP contribution in [0.3, 0.4) is 0 Å². The Balaban J connectivity index is 2.21. The zero-order valence-corrected chi connectivity index (χ0v) is 25.0. The minimum Gasteiger partial charge on any atom is -0.443 e. The minimum atomic E-state index is -3.82. The highest BCUT2D eigenvalue weighted by Crippen LogP contribution is 2.14. The van der Waals surface area contributed by atoms with E-state index < -0.39 is 40.4 Å². The van der Waals surface area contributed by atoms with Crippen LogP contribution < -0.4 is 10.6 Å². The van der Waals surface area contributed by atoms with E-state index in [1.807, 2.05) is 44.2 Å². The fraction of sp³-hybridized carbons (Fsp3) is 0.536. The molecule has 222 valence electrons. The minimum absolute atomic E-state index is 0.00992. The lowest BCUT2D eigenvalue weighted by Crippen LogP contribution is -2.57. The fourth-order valence-corrected chi connectivity index (χ4v) is 5.28. The van der Waals surface area contributed by atoms with Crippen LogP contribution in [0.4, 0.5) is 4.79 Å². The molecule has 40 heavy (non-hydrogen) atoms. The molecular formula is C28H43N5O6S. The topological polar surface area (TPSA) is 141 Å². The second-order valence-corrected chi connectivity index (χ2v) is 12.8. The van der Waals surface area contributed by atoms with E-state index in [9.17, 15) is 23.1 Å². The number of carbonyl (C=O) groups is 2. The SMILES string of the molecule is CC(C)CN(C[C@@H](O)[C@H](Cc1ccccc1)NC(=O)[C@@H](NC(=O)OCc1ccccn1)C(C)C)S(=O)(=O)N(C)C. The third kappa shape index (κ3) is 10.5. The van der Waals surface area contributed by atoms with E-state index in [1.54, 1.807) is 38.2 Å². The summed E-state index contributed by atoms with van der Waals surface area (Å²) in [5.74, 6) is -0.810. The van der Waals surface area contributed by atoms with E-state index in [1.165, 1.54) is 18.4 Å². The number of aliphatic hydroxyl groups is 1. The molecule has 11 nitrogen and oxygen atoms in total. The Hall–Kier alpha value is -3.06. The van der Waals surface area contributed by atoms with Gasteiger partial charge in [0.15, 0.2) is 0 Å². The van der Waals surface area contributed by atoms with Crippen molar-refractivity contribution in [2.75, 3.05) is 27.2 Å². The van der Waals surface area contributed by atoms with Crippen LogP contribution in [-0.2, 0) is 32.8 Å². The lowest BCUT2D eigenvalue weighted by atomic mass is 9.98. The van der Waals surface area contributed by atoms with Crippen LogP contribution in [0, 0.1) is 11.8 Å². The maximum atomic E-state index is 13.4. The standard InChI is InChI=1S/C28H43N5O6S/c1-20(2)17-33(40(37,38)32(5)6)18-25(34)24(16-22-12-8-7-9-13-22)30-27(35)26(21(3)4)31-28(36)39-19-23-14-10-11-15-29-23/h7-15,20-21,24-26,34H,16-19H2,1-6H3,(H,30,35)(H,31,36)/t24-,25+,26-/m0/s1. The summed E-state index contributed by atoms with van der Waals surface area (Å²) in [4.78, 5) is 30.0. The summed E-state index contributed by atoms with van der Waals surface area (Å²) in [5.41, 5.74) is 1.41. The predicted octanol–water partition coefficient (Wildman–Crippen LogP) is 2.19. The molecule has 0 saturated carbocycles. The molecule has 0 unspecified atom stereocenters. The van der Waals surface area contributed by atoms with Gasteiger partial charge in [0, 0.05) is 33.4 Å². The molecular weight excluding hydrogens is 534 g/mol. The molecule has 0 radical (unpaired) electrons. The molecule has 0 fully saturated rings. The maximum absolute atomic E-state index is 13.4. The van der Waals surface area contributed by atoms with Crippen molar-refractivity contribution in [3.05, 3.63) is 66.0 Å². The highest BCUT2D eigenvalue weighted by atomic mass is 32.2. The molecule has 0 aliphatic heterocycles. The maximum Gasteiger partial charge on any atom is 0.408 e. The number of nitrogens with one attached hydrogen (secondary N) is 2. The summed E-state index contributed by atoms with van der Waals surface area (Å²) in [6, 6.07) is 12.7. The summed E-state index contributed by atoms with van der Waals surface area (Å²) < 4.78 is 33.5. The number of aliphatic hydroxyl groups excluding tert-OH is 1. The van der Waals surface area contributed by atoms with Crippen LogP contribution in [0.1, 0.15) is 39.0 Å². The third-order valence-corrected chi connectivity index (χ3v) is 8.01. The average Bonchev–Trinajstić information content (AvgIpc) is 2.90. The van der Waals surface area contributed by atoms with Gasteiger partial charge in [-0.05, 0) is 36.0 Å². The van der Waals surface area contributed by atoms with Crippen LogP contribution in [0.15, 0.2) is 54.7 Å². The highest BCUT2D eigenvalue weighted by Gasteiger charge is 2.33. The Morgan fingerprint density at radius 3 is 2.17 bits per heavy atom. The van der Waals surface area contributed by atoms with Crippen LogP contribution >= 0.6 is 0 Å². The van der Waals surface area contributed by atoms with E-state index in [0.29, 0.717) is 5.69 Å². The van der Waals surface area contributed by atoms with Crippen molar-refractivity contribution in [1.82, 2.24) is 24.2 Å². The van der Waals surface area contributed by atoms with Crippen molar-refractivity contribution in [3.8, 4) is 0 Å². The van der Waals surface area contributed by atoms with Gasteiger partial charge in [-0.1, -0.05) is 64.1 Å². The van der Waals surface area contributed by atoms with Gasteiger partial charge < -0.3 is 20.5 Å². The van der Waals surface area contributed by atoms with Gasteiger partial charge in [0.05, 0.1) is 17.8 Å². The first-order chi connectivity index (χ1) is 18.8. The Labute approximate surface area is 238 Å². The summed E-state index contributed by atoms with van der Waals surface area (Å²) in [7, 11) is -0.954. The van der Waals surface area contributed by atoms with E-state index in [4.69, 9.17) is 4.74 Å². The molecule has 1 aromatic carbocycles. The Bertz CT molecular complexity index is 1160. The second-order valence-electron chi connectivity index (χ2n) is 10.6. The molecule has 0 aliphatic rings. The lowest BCUT2D eigenvalue weighted by molar-refractivity contribution is -0.125. The van der Waals surface area contributed by atoms with Gasteiger partial charge in [0.25, 0.3) is 10.2 Å². The van der Waals surface area contributed by atoms with Gasteiger partial charge in [0.1, 0.15) is 12.6 Å². The van der Waals surface area contributed by atoms with Crippen LogP contribution in [-0.4, -0.2) is 84.5 Å². The van der Waals surface area contributed by atoms with E-state index in [2.05, 4.69) is 15.6 Å². The van der Waals surface area contributed by atoms with Crippen molar-refractivity contribution in [1.29, 1.82) is 0 Å². The number of carbonyl (C=O) groups excluding carboxylic acids is 2. The van der Waals surface area contributed by atoms with Crippen molar-refractivity contribution >= 4 is 22.2 Å². The number of ether oxygens (including phenoxy) is 1. The molecule has 0 aliphatic carbocycles. The van der Waals surface area contributed by atoms with Crippen molar-refractivity contribution < 1.29 is 27.9 Å². The number of hydrogen-bond donors (Lipinski definition) is 3. The molecule has 3 atom stereocenters. The third-order valence-electron chi connectivity index (χ3n) is 6.14. The normalized spacial score (nSPS) is 14.3. The fourth-order valence-electron chi connectivity index (χ4n) is 3.99. The van der Waals surface area contributed by atoms with Gasteiger partial charge in [0.2, 0.25) is 5.91 Å². The number of rotatable bonds is 15. The summed E-state index contributed by atoms with van der Waals surface area (Å²) in [6.07, 6.45) is -0.174. The number of benzene rings is 1. The van der Waals surface area contributed by atoms with Gasteiger partial charge >= 0.3 is 6.09 Å². The van der Waals surface area contributed by atoms with Crippen LogP contribution in [0.2, 0.25) is 0 Å². The summed E-state index contributed by atoms with van der Waals surface area (Å²) in [5, 5.41) is 16.8. The number of nitrogens with zero attached hydrogens (tertiary/aromatic N) is 3. The molecule has 2 rings (SSSR count). The van der Waals surface area contributed by atoms with Gasteiger partial charge in [-0.25, -0.2) is 4.79 Å². The zero-order valence-electron chi connectivity index (χ0n) is 24.1. The molecule has 0 bridgehead atoms. The second kappa shape index (κ2) is 15.7. The molecule has 0 spiro atoms. The average molecular weight is 578 g/mol. The molecule has 3 N–H and O–H groups in total. The lowest BCUT2D eigenvalue weighted by Gasteiger charge is -2.33. The predicted molar refractivity (Wildman–Crippen MR) is 153 cm³/mol. The van der Waals surface area contributed by atoms with E-state index in [0.717, 1.165) is 9.87 Å². The molecule has 0 saturated heterocycles. The number of hydrogen-bond acceptors (Lipinski definition) is 7. The first-order valence-corrected chi connectivity index (χ1v) is 14.7. The van der Waals surface area contributed by atoms with Crippen molar-refractivity contribution in [2.45, 2.75) is 58.9 Å². The largest absolute Gasteiger partial charge is 0.443 e.